The van der Waals surface area contributed by atoms with Crippen molar-refractivity contribution in [3.63, 3.8) is 0 Å². The van der Waals surface area contributed by atoms with Crippen LogP contribution in [0.4, 0.5) is 17.6 Å². The van der Waals surface area contributed by atoms with Crippen molar-refractivity contribution < 1.29 is 17.6 Å². The predicted molar refractivity (Wildman–Crippen MR) is 120 cm³/mol. The summed E-state index contributed by atoms with van der Waals surface area (Å²) in [7, 11) is -2.35. The van der Waals surface area contributed by atoms with E-state index in [9.17, 15) is 17.6 Å². The fourth-order valence-electron chi connectivity index (χ4n) is 3.93. The Labute approximate surface area is 179 Å². The first-order chi connectivity index (χ1) is 14.9. The van der Waals surface area contributed by atoms with Crippen LogP contribution in [0.1, 0.15) is 11.1 Å². The number of hydrogen-bond acceptors (Lipinski definition) is 0. The maximum Gasteiger partial charge on any atom is 0.419 e. The van der Waals surface area contributed by atoms with Gasteiger partial charge in [-0.15, -0.1) is 0 Å². The lowest BCUT2D eigenvalue weighted by molar-refractivity contribution is -0.140. The molecule has 0 amide bonds. The van der Waals surface area contributed by atoms with Crippen LogP contribution in [-0.2, 0) is 12.3 Å². The summed E-state index contributed by atoms with van der Waals surface area (Å²) in [4.78, 5) is 0. The summed E-state index contributed by atoms with van der Waals surface area (Å²) >= 11 is 0. The maximum atomic E-state index is 14.0. The van der Waals surface area contributed by atoms with E-state index in [1.54, 1.807) is 0 Å². The molecule has 156 valence electrons. The molecular weight excluding hydrogens is 419 g/mol. The summed E-state index contributed by atoms with van der Waals surface area (Å²) < 4.78 is 54.2. The van der Waals surface area contributed by atoms with E-state index in [-0.39, 0.29) is 0 Å². The van der Waals surface area contributed by atoms with Crippen molar-refractivity contribution in [3.05, 3.63) is 126 Å². The van der Waals surface area contributed by atoms with E-state index < -0.39 is 24.8 Å². The topological polar surface area (TPSA) is 0 Å². The van der Waals surface area contributed by atoms with Crippen molar-refractivity contribution in [2.75, 3.05) is 0 Å². The van der Waals surface area contributed by atoms with Gasteiger partial charge in [0.1, 0.15) is 29.0 Å². The first-order valence-electron chi connectivity index (χ1n) is 9.82. The Bertz CT molecular complexity index is 1040. The van der Waals surface area contributed by atoms with Crippen molar-refractivity contribution in [2.24, 2.45) is 0 Å². The largest absolute Gasteiger partial charge is 0.419 e. The van der Waals surface area contributed by atoms with E-state index in [1.165, 1.54) is 6.07 Å². The Balaban J connectivity index is 1.98. The molecule has 0 atom stereocenters. The average Bonchev–Trinajstić information content (AvgIpc) is 2.79. The minimum Gasteiger partial charge on any atom is -0.206 e. The Morgan fingerprint density at radius 3 is 1.39 bits per heavy atom. The van der Waals surface area contributed by atoms with Crippen LogP contribution in [-0.4, -0.2) is 0 Å². The van der Waals surface area contributed by atoms with Gasteiger partial charge in [0.05, 0.1) is 11.7 Å². The van der Waals surface area contributed by atoms with Gasteiger partial charge in [-0.05, 0) is 54.1 Å². The molecule has 0 radical (unpaired) electrons. The Kier molecular flexibility index (Phi) is 5.93. The van der Waals surface area contributed by atoms with Crippen molar-refractivity contribution in [3.8, 4) is 0 Å². The standard InChI is InChI=1S/C26H20F4P/c27-25-17-16-20(18-24(25)26(28,29)30)19-31(21-10-4-1-5-11-21,22-12-6-2-7-13-22)23-14-8-3-9-15-23/h1-18H,19H2/q+1. The van der Waals surface area contributed by atoms with E-state index in [2.05, 4.69) is 0 Å². The van der Waals surface area contributed by atoms with Gasteiger partial charge in [-0.2, -0.15) is 13.2 Å². The molecule has 4 aromatic carbocycles. The van der Waals surface area contributed by atoms with Gasteiger partial charge in [0, 0.05) is 0 Å². The molecule has 0 saturated heterocycles. The van der Waals surface area contributed by atoms with Gasteiger partial charge in [-0.3, -0.25) is 0 Å². The number of hydrogen-bond donors (Lipinski definition) is 0. The minimum absolute atomic E-state index is 0.356. The molecule has 0 saturated carbocycles. The van der Waals surface area contributed by atoms with Crippen LogP contribution >= 0.6 is 7.26 Å². The van der Waals surface area contributed by atoms with Crippen LogP contribution in [0.15, 0.2) is 109 Å². The first-order valence-corrected chi connectivity index (χ1v) is 11.8. The predicted octanol–water partition coefficient (Wildman–Crippen LogP) is 6.34. The fraction of sp³-hybridized carbons (Fsp3) is 0.0769. The molecule has 0 spiro atoms. The summed E-state index contributed by atoms with van der Waals surface area (Å²) in [5.74, 6) is -1.25. The summed E-state index contributed by atoms with van der Waals surface area (Å²) in [6, 6.07) is 33.0. The third-order valence-corrected chi connectivity index (χ3v) is 9.73. The minimum atomic E-state index is -4.74. The van der Waals surface area contributed by atoms with Crippen LogP contribution in [0, 0.1) is 5.82 Å². The Morgan fingerprint density at radius 1 is 0.581 bits per heavy atom. The molecule has 5 heteroatoms. The Hall–Kier alpha value is -2.97. The highest BCUT2D eigenvalue weighted by molar-refractivity contribution is 7.95. The summed E-state index contributed by atoms with van der Waals surface area (Å²) in [5, 5.41) is 3.18. The quantitative estimate of drug-likeness (QED) is 0.252. The molecule has 4 aromatic rings. The van der Waals surface area contributed by atoms with Gasteiger partial charge in [-0.1, -0.05) is 60.7 Å². The van der Waals surface area contributed by atoms with Crippen molar-refractivity contribution in [1.82, 2.24) is 0 Å². The smallest absolute Gasteiger partial charge is 0.206 e. The highest BCUT2D eigenvalue weighted by atomic mass is 31.2. The van der Waals surface area contributed by atoms with Crippen LogP contribution in [0.3, 0.4) is 0 Å². The maximum absolute atomic E-state index is 14.0. The van der Waals surface area contributed by atoms with Crippen LogP contribution in [0.25, 0.3) is 0 Å². The zero-order valence-corrected chi connectivity index (χ0v) is 17.5. The third kappa shape index (κ3) is 4.26. The molecule has 0 aliphatic rings. The number of rotatable bonds is 5. The molecule has 0 unspecified atom stereocenters. The second-order valence-electron chi connectivity index (χ2n) is 7.29. The molecule has 4 rings (SSSR count). The third-order valence-electron chi connectivity index (χ3n) is 5.35. The number of benzene rings is 4. The summed E-state index contributed by atoms with van der Waals surface area (Å²) in [6.45, 7) is 0. The molecule has 0 N–H and O–H groups in total. The lowest BCUT2D eigenvalue weighted by Gasteiger charge is -2.28. The van der Waals surface area contributed by atoms with Gasteiger partial charge in [-0.25, -0.2) is 4.39 Å². The molecule has 0 bridgehead atoms. The van der Waals surface area contributed by atoms with Gasteiger partial charge < -0.3 is 0 Å². The molecule has 0 aliphatic carbocycles. The van der Waals surface area contributed by atoms with Gasteiger partial charge in [0.15, 0.2) is 0 Å². The fourth-order valence-corrected chi connectivity index (χ4v) is 8.16. The molecule has 0 fully saturated rings. The van der Waals surface area contributed by atoms with Gasteiger partial charge in [0.2, 0.25) is 0 Å². The normalized spacial score (nSPS) is 12.0. The van der Waals surface area contributed by atoms with E-state index in [1.807, 2.05) is 91.0 Å². The lowest BCUT2D eigenvalue weighted by atomic mass is 10.1. The van der Waals surface area contributed by atoms with E-state index in [4.69, 9.17) is 0 Å². The molecular formula is C26H20F4P+. The molecule has 0 aromatic heterocycles. The second-order valence-corrected chi connectivity index (χ2v) is 10.8. The molecule has 0 aliphatic heterocycles. The number of alkyl halides is 3. The van der Waals surface area contributed by atoms with E-state index >= 15 is 0 Å². The van der Waals surface area contributed by atoms with Gasteiger partial charge >= 0.3 is 6.18 Å². The molecule has 31 heavy (non-hydrogen) atoms. The monoisotopic (exact) mass is 439 g/mol. The SMILES string of the molecule is Fc1ccc(C[P+](c2ccccc2)(c2ccccc2)c2ccccc2)cc1C(F)(F)F. The van der Waals surface area contributed by atoms with E-state index in [0.29, 0.717) is 11.7 Å². The zero-order chi connectivity index (χ0) is 21.9. The van der Waals surface area contributed by atoms with Crippen LogP contribution < -0.4 is 15.9 Å². The van der Waals surface area contributed by atoms with Crippen molar-refractivity contribution in [1.29, 1.82) is 0 Å². The number of halogens is 4. The Morgan fingerprint density at radius 2 is 1.00 bits per heavy atom. The summed E-state index contributed by atoms with van der Waals surface area (Å²) in [6.07, 6.45) is -4.39. The average molecular weight is 439 g/mol. The van der Waals surface area contributed by atoms with Crippen molar-refractivity contribution >= 4 is 23.2 Å². The van der Waals surface area contributed by atoms with Crippen LogP contribution in [0.2, 0.25) is 0 Å². The zero-order valence-electron chi connectivity index (χ0n) is 16.6. The van der Waals surface area contributed by atoms with Crippen molar-refractivity contribution in [2.45, 2.75) is 12.3 Å². The highest BCUT2D eigenvalue weighted by Gasteiger charge is 2.46. The second kappa shape index (κ2) is 8.64. The lowest BCUT2D eigenvalue weighted by Crippen LogP contribution is -2.32. The highest BCUT2D eigenvalue weighted by Crippen LogP contribution is 2.58. The first kappa shape index (κ1) is 21.3. The molecule has 0 nitrogen and oxygen atoms in total. The molecule has 0 heterocycles. The summed E-state index contributed by atoms with van der Waals surface area (Å²) in [5.41, 5.74) is -0.768. The van der Waals surface area contributed by atoms with Crippen LogP contribution in [0.5, 0.6) is 0 Å². The van der Waals surface area contributed by atoms with Gasteiger partial charge in [0.25, 0.3) is 0 Å². The van der Waals surface area contributed by atoms with E-state index in [0.717, 1.165) is 28.0 Å².